The molecule has 2 N–H and O–H groups in total. The van der Waals surface area contributed by atoms with Gasteiger partial charge in [0.25, 0.3) is 0 Å². The van der Waals surface area contributed by atoms with Gasteiger partial charge in [-0.15, -0.1) is 0 Å². The molecule has 1 aliphatic heterocycles. The van der Waals surface area contributed by atoms with Crippen molar-refractivity contribution in [3.05, 3.63) is 23.2 Å². The maximum atomic E-state index is 12.3. The van der Waals surface area contributed by atoms with Gasteiger partial charge in [0.05, 0.1) is 15.7 Å². The molecule has 1 aliphatic rings. The summed E-state index contributed by atoms with van der Waals surface area (Å²) >= 11 is 5.98. The Balaban J connectivity index is 2.00. The Bertz CT molecular complexity index is 569. The summed E-state index contributed by atoms with van der Waals surface area (Å²) in [5.41, 5.74) is 6.05. The molecule has 0 atom stereocenters. The lowest BCUT2D eigenvalue weighted by Crippen LogP contribution is -2.45. The number of nitrogens with zero attached hydrogens (tertiary/aromatic N) is 2. The van der Waals surface area contributed by atoms with Gasteiger partial charge in [0.15, 0.2) is 9.84 Å². The van der Waals surface area contributed by atoms with Crippen molar-refractivity contribution in [2.24, 2.45) is 0 Å². The van der Waals surface area contributed by atoms with Gasteiger partial charge in [-0.25, -0.2) is 8.42 Å². The summed E-state index contributed by atoms with van der Waals surface area (Å²) in [6, 6.07) is 4.52. The molecule has 0 aliphatic carbocycles. The van der Waals surface area contributed by atoms with Gasteiger partial charge in [-0.3, -0.25) is 4.90 Å². The first kappa shape index (κ1) is 15.6. The van der Waals surface area contributed by atoms with Crippen molar-refractivity contribution in [3.63, 3.8) is 0 Å². The van der Waals surface area contributed by atoms with Crippen LogP contribution in [0.15, 0.2) is 23.1 Å². The highest BCUT2D eigenvalue weighted by Gasteiger charge is 2.21. The predicted molar refractivity (Wildman–Crippen MR) is 81.9 cm³/mol. The molecule has 0 unspecified atom stereocenters. The molecule has 1 saturated heterocycles. The average molecular weight is 318 g/mol. The third kappa shape index (κ3) is 3.85. The van der Waals surface area contributed by atoms with Crippen molar-refractivity contribution in [1.29, 1.82) is 0 Å². The topological polar surface area (TPSA) is 66.6 Å². The molecule has 2 rings (SSSR count). The summed E-state index contributed by atoms with van der Waals surface area (Å²) in [4.78, 5) is 4.58. The molecule has 1 heterocycles. The molecule has 0 amide bonds. The number of benzene rings is 1. The highest BCUT2D eigenvalue weighted by molar-refractivity contribution is 7.91. The number of anilines is 1. The van der Waals surface area contributed by atoms with Crippen molar-refractivity contribution in [1.82, 2.24) is 9.80 Å². The van der Waals surface area contributed by atoms with Crippen LogP contribution in [0.4, 0.5) is 5.69 Å². The Morgan fingerprint density at radius 1 is 1.25 bits per heavy atom. The molecule has 112 valence electrons. The number of hydrogen-bond donors (Lipinski definition) is 1. The maximum Gasteiger partial charge on any atom is 0.181 e. The zero-order valence-electron chi connectivity index (χ0n) is 11.5. The minimum Gasteiger partial charge on any atom is -0.399 e. The molecule has 0 radical (unpaired) electrons. The molecule has 5 nitrogen and oxygen atoms in total. The Hall–Kier alpha value is -0.820. The number of nitrogens with two attached hydrogens (primary N) is 1. The molecule has 0 bridgehead atoms. The van der Waals surface area contributed by atoms with Gasteiger partial charge < -0.3 is 10.6 Å². The van der Waals surface area contributed by atoms with E-state index in [2.05, 4.69) is 16.8 Å². The number of rotatable bonds is 4. The Morgan fingerprint density at radius 2 is 1.90 bits per heavy atom. The zero-order valence-corrected chi connectivity index (χ0v) is 13.1. The maximum absolute atomic E-state index is 12.3. The molecule has 0 spiro atoms. The van der Waals surface area contributed by atoms with Crippen LogP contribution in [0.5, 0.6) is 0 Å². The van der Waals surface area contributed by atoms with Gasteiger partial charge in [0, 0.05) is 38.4 Å². The summed E-state index contributed by atoms with van der Waals surface area (Å²) in [7, 11) is -1.29. The van der Waals surface area contributed by atoms with Crippen LogP contribution in [0.3, 0.4) is 0 Å². The van der Waals surface area contributed by atoms with Crippen LogP contribution in [0.25, 0.3) is 0 Å². The first-order valence-electron chi connectivity index (χ1n) is 6.57. The average Bonchev–Trinajstić information content (AvgIpc) is 2.37. The van der Waals surface area contributed by atoms with Crippen LogP contribution in [0, 0.1) is 0 Å². The predicted octanol–water partition coefficient (Wildman–Crippen LogP) is 0.943. The van der Waals surface area contributed by atoms with Crippen LogP contribution in [0.2, 0.25) is 5.02 Å². The van der Waals surface area contributed by atoms with E-state index in [0.29, 0.717) is 12.2 Å². The molecular weight excluding hydrogens is 298 g/mol. The van der Waals surface area contributed by atoms with Gasteiger partial charge in [0.2, 0.25) is 0 Å². The molecule has 7 heteroatoms. The standard InChI is InChI=1S/C13H20ClN3O2S/c1-16-4-6-17(7-5-16)8-9-20(18,19)13-3-2-11(15)10-12(13)14/h2-3,10H,4-9,15H2,1H3. The fourth-order valence-corrected chi connectivity index (χ4v) is 4.09. The van der Waals surface area contributed by atoms with E-state index in [4.69, 9.17) is 17.3 Å². The highest BCUT2D eigenvalue weighted by Crippen LogP contribution is 2.24. The molecule has 0 saturated carbocycles. The van der Waals surface area contributed by atoms with Crippen molar-refractivity contribution in [2.45, 2.75) is 4.90 Å². The van der Waals surface area contributed by atoms with E-state index in [0.717, 1.165) is 26.2 Å². The van der Waals surface area contributed by atoms with E-state index in [1.807, 2.05) is 0 Å². The SMILES string of the molecule is CN1CCN(CCS(=O)(=O)c2ccc(N)cc2Cl)CC1. The van der Waals surface area contributed by atoms with Crippen LogP contribution in [0.1, 0.15) is 0 Å². The number of likely N-dealkylation sites (N-methyl/N-ethyl adjacent to an activating group) is 1. The lowest BCUT2D eigenvalue weighted by Gasteiger charge is -2.32. The second kappa shape index (κ2) is 6.30. The van der Waals surface area contributed by atoms with Crippen molar-refractivity contribution in [2.75, 3.05) is 51.3 Å². The lowest BCUT2D eigenvalue weighted by molar-refractivity contribution is 0.161. The zero-order chi connectivity index (χ0) is 14.8. The van der Waals surface area contributed by atoms with Gasteiger partial charge >= 0.3 is 0 Å². The molecule has 1 aromatic carbocycles. The molecular formula is C13H20ClN3O2S. The number of hydrogen-bond acceptors (Lipinski definition) is 5. The fourth-order valence-electron chi connectivity index (χ4n) is 2.20. The first-order valence-corrected chi connectivity index (χ1v) is 8.60. The van der Waals surface area contributed by atoms with Gasteiger partial charge in [0.1, 0.15) is 0 Å². The molecule has 1 fully saturated rings. The second-order valence-corrected chi connectivity index (χ2v) is 7.64. The Morgan fingerprint density at radius 3 is 2.50 bits per heavy atom. The van der Waals surface area contributed by atoms with Crippen molar-refractivity contribution < 1.29 is 8.42 Å². The van der Waals surface area contributed by atoms with Gasteiger partial charge in [-0.05, 0) is 25.2 Å². The minimum atomic E-state index is -3.36. The molecule has 0 aromatic heterocycles. The Labute approximate surface area is 125 Å². The highest BCUT2D eigenvalue weighted by atomic mass is 35.5. The summed E-state index contributed by atoms with van der Waals surface area (Å²) in [6.45, 7) is 4.30. The van der Waals surface area contributed by atoms with Crippen LogP contribution < -0.4 is 5.73 Å². The van der Waals surface area contributed by atoms with E-state index in [1.54, 1.807) is 6.07 Å². The fraction of sp³-hybridized carbons (Fsp3) is 0.538. The smallest absolute Gasteiger partial charge is 0.181 e. The third-order valence-corrected chi connectivity index (χ3v) is 5.73. The number of nitrogen functional groups attached to an aromatic ring is 1. The number of piperazine rings is 1. The first-order chi connectivity index (χ1) is 9.38. The van der Waals surface area contributed by atoms with Crippen LogP contribution in [-0.2, 0) is 9.84 Å². The lowest BCUT2D eigenvalue weighted by atomic mass is 10.3. The minimum absolute atomic E-state index is 0.0837. The van der Waals surface area contributed by atoms with Crippen LogP contribution in [-0.4, -0.2) is 63.7 Å². The summed E-state index contributed by atoms with van der Waals surface area (Å²) in [5.74, 6) is 0.0837. The van der Waals surface area contributed by atoms with E-state index >= 15 is 0 Å². The van der Waals surface area contributed by atoms with E-state index in [9.17, 15) is 8.42 Å². The van der Waals surface area contributed by atoms with E-state index in [1.165, 1.54) is 12.1 Å². The normalized spacial score (nSPS) is 18.3. The second-order valence-electron chi connectivity index (χ2n) is 5.15. The molecule has 1 aromatic rings. The number of sulfone groups is 1. The largest absolute Gasteiger partial charge is 0.399 e. The molecule has 20 heavy (non-hydrogen) atoms. The third-order valence-electron chi connectivity index (χ3n) is 3.56. The van der Waals surface area contributed by atoms with E-state index < -0.39 is 9.84 Å². The number of halogens is 1. The van der Waals surface area contributed by atoms with Crippen LogP contribution >= 0.6 is 11.6 Å². The van der Waals surface area contributed by atoms with Crippen molar-refractivity contribution in [3.8, 4) is 0 Å². The monoisotopic (exact) mass is 317 g/mol. The van der Waals surface area contributed by atoms with E-state index in [-0.39, 0.29) is 15.7 Å². The van der Waals surface area contributed by atoms with Gasteiger partial charge in [-0.1, -0.05) is 11.6 Å². The quantitative estimate of drug-likeness (QED) is 0.837. The summed E-state index contributed by atoms with van der Waals surface area (Å²) < 4.78 is 24.6. The summed E-state index contributed by atoms with van der Waals surface area (Å²) in [5, 5.41) is 0.198. The van der Waals surface area contributed by atoms with Crippen molar-refractivity contribution >= 4 is 27.1 Å². The Kier molecular flexibility index (Phi) is 4.90. The summed E-state index contributed by atoms with van der Waals surface area (Å²) in [6.07, 6.45) is 0. The van der Waals surface area contributed by atoms with Gasteiger partial charge in [-0.2, -0.15) is 0 Å².